The summed E-state index contributed by atoms with van der Waals surface area (Å²) in [6, 6.07) is 8.68. The van der Waals surface area contributed by atoms with Crippen molar-refractivity contribution in [1.29, 1.82) is 0 Å². The van der Waals surface area contributed by atoms with Gasteiger partial charge in [-0.05, 0) is 38.3 Å². The number of aliphatic hydroxyl groups excluding tert-OH is 1. The van der Waals surface area contributed by atoms with Crippen LogP contribution in [0.5, 0.6) is 0 Å². The Morgan fingerprint density at radius 1 is 1.33 bits per heavy atom. The minimum Gasteiger partial charge on any atom is -0.391 e. The van der Waals surface area contributed by atoms with Crippen LogP contribution in [-0.2, 0) is 4.79 Å². The standard InChI is InChI=1S/C16H22N2O3/c1-12(19)14-9-5-6-10-18(14)15(20)11-17-16(21)13-7-3-2-4-8-13/h2-4,7-8,12,14,19H,5-6,9-11H2,1H3,(H,17,21)/t12-,14-/m0/s1. The van der Waals surface area contributed by atoms with E-state index in [1.165, 1.54) is 0 Å². The van der Waals surface area contributed by atoms with Crippen molar-refractivity contribution in [3.05, 3.63) is 35.9 Å². The van der Waals surface area contributed by atoms with E-state index in [1.54, 1.807) is 36.1 Å². The molecule has 1 aliphatic heterocycles. The summed E-state index contributed by atoms with van der Waals surface area (Å²) < 4.78 is 0. The molecular weight excluding hydrogens is 268 g/mol. The Balaban J connectivity index is 1.90. The quantitative estimate of drug-likeness (QED) is 0.875. The fourth-order valence-corrected chi connectivity index (χ4v) is 2.72. The van der Waals surface area contributed by atoms with Crippen molar-refractivity contribution in [2.24, 2.45) is 0 Å². The molecule has 0 bridgehead atoms. The SMILES string of the molecule is C[C@H](O)[C@@H]1CCCCN1C(=O)CNC(=O)c1ccccc1. The average Bonchev–Trinajstić information content (AvgIpc) is 2.53. The fraction of sp³-hybridized carbons (Fsp3) is 0.500. The van der Waals surface area contributed by atoms with E-state index in [1.807, 2.05) is 6.07 Å². The van der Waals surface area contributed by atoms with Gasteiger partial charge in [0.2, 0.25) is 5.91 Å². The number of carbonyl (C=O) groups excluding carboxylic acids is 2. The van der Waals surface area contributed by atoms with E-state index < -0.39 is 6.10 Å². The summed E-state index contributed by atoms with van der Waals surface area (Å²) in [7, 11) is 0. The molecule has 21 heavy (non-hydrogen) atoms. The number of benzene rings is 1. The third-order valence-electron chi connectivity index (χ3n) is 3.86. The predicted octanol–water partition coefficient (Wildman–Crippen LogP) is 1.18. The van der Waals surface area contributed by atoms with E-state index in [9.17, 15) is 14.7 Å². The summed E-state index contributed by atoms with van der Waals surface area (Å²) in [6.45, 7) is 2.32. The van der Waals surface area contributed by atoms with Crippen molar-refractivity contribution >= 4 is 11.8 Å². The molecule has 5 heteroatoms. The highest BCUT2D eigenvalue weighted by Crippen LogP contribution is 2.19. The zero-order valence-electron chi connectivity index (χ0n) is 12.3. The van der Waals surface area contributed by atoms with Crippen LogP contribution in [0.4, 0.5) is 0 Å². The van der Waals surface area contributed by atoms with Gasteiger partial charge in [-0.1, -0.05) is 18.2 Å². The molecule has 2 atom stereocenters. The second kappa shape index (κ2) is 7.22. The Morgan fingerprint density at radius 3 is 2.71 bits per heavy atom. The number of rotatable bonds is 4. The number of likely N-dealkylation sites (tertiary alicyclic amines) is 1. The molecule has 1 aliphatic rings. The second-order valence-corrected chi connectivity index (χ2v) is 5.44. The van der Waals surface area contributed by atoms with Crippen LogP contribution in [0.2, 0.25) is 0 Å². The van der Waals surface area contributed by atoms with E-state index in [2.05, 4.69) is 5.32 Å². The Kier molecular flexibility index (Phi) is 5.33. The molecule has 0 saturated carbocycles. The number of carbonyl (C=O) groups is 2. The summed E-state index contributed by atoms with van der Waals surface area (Å²) in [5, 5.41) is 12.4. The van der Waals surface area contributed by atoms with Crippen LogP contribution in [0.15, 0.2) is 30.3 Å². The first kappa shape index (κ1) is 15.5. The largest absolute Gasteiger partial charge is 0.391 e. The lowest BCUT2D eigenvalue weighted by Crippen LogP contribution is -2.51. The number of hydrogen-bond donors (Lipinski definition) is 2. The molecule has 1 aromatic rings. The van der Waals surface area contributed by atoms with E-state index >= 15 is 0 Å². The highest BCUT2D eigenvalue weighted by Gasteiger charge is 2.29. The van der Waals surface area contributed by atoms with Crippen LogP contribution in [0.1, 0.15) is 36.5 Å². The van der Waals surface area contributed by atoms with Crippen molar-refractivity contribution in [2.75, 3.05) is 13.1 Å². The Morgan fingerprint density at radius 2 is 2.05 bits per heavy atom. The van der Waals surface area contributed by atoms with Crippen LogP contribution in [0.3, 0.4) is 0 Å². The zero-order chi connectivity index (χ0) is 15.2. The van der Waals surface area contributed by atoms with Crippen molar-refractivity contribution in [3.8, 4) is 0 Å². The first-order valence-corrected chi connectivity index (χ1v) is 7.40. The molecule has 114 valence electrons. The van der Waals surface area contributed by atoms with Crippen molar-refractivity contribution in [2.45, 2.75) is 38.3 Å². The first-order chi connectivity index (χ1) is 10.1. The molecule has 5 nitrogen and oxygen atoms in total. The number of aliphatic hydroxyl groups is 1. The van der Waals surface area contributed by atoms with Crippen LogP contribution in [0.25, 0.3) is 0 Å². The van der Waals surface area contributed by atoms with Crippen LogP contribution in [0, 0.1) is 0 Å². The van der Waals surface area contributed by atoms with Crippen molar-refractivity contribution in [3.63, 3.8) is 0 Å². The fourth-order valence-electron chi connectivity index (χ4n) is 2.72. The van der Waals surface area contributed by atoms with Gasteiger partial charge in [0.1, 0.15) is 0 Å². The highest BCUT2D eigenvalue weighted by molar-refractivity contribution is 5.96. The summed E-state index contributed by atoms with van der Waals surface area (Å²) in [5.41, 5.74) is 0.538. The Bertz CT molecular complexity index is 488. The molecule has 0 aliphatic carbocycles. The number of piperidine rings is 1. The number of hydrogen-bond acceptors (Lipinski definition) is 3. The lowest BCUT2D eigenvalue weighted by Gasteiger charge is -2.37. The summed E-state index contributed by atoms with van der Waals surface area (Å²) in [5.74, 6) is -0.389. The molecule has 1 saturated heterocycles. The molecule has 2 rings (SSSR count). The van der Waals surface area contributed by atoms with E-state index in [0.29, 0.717) is 12.1 Å². The predicted molar refractivity (Wildman–Crippen MR) is 79.8 cm³/mol. The summed E-state index contributed by atoms with van der Waals surface area (Å²) >= 11 is 0. The summed E-state index contributed by atoms with van der Waals surface area (Å²) in [6.07, 6.45) is 2.24. The third-order valence-corrected chi connectivity index (χ3v) is 3.86. The van der Waals surface area contributed by atoms with Gasteiger partial charge in [-0.15, -0.1) is 0 Å². The van der Waals surface area contributed by atoms with E-state index in [0.717, 1.165) is 19.3 Å². The van der Waals surface area contributed by atoms with Gasteiger partial charge in [-0.2, -0.15) is 0 Å². The van der Waals surface area contributed by atoms with E-state index in [-0.39, 0.29) is 24.4 Å². The summed E-state index contributed by atoms with van der Waals surface area (Å²) in [4.78, 5) is 25.9. The normalized spacial score (nSPS) is 19.9. The van der Waals surface area contributed by atoms with Gasteiger partial charge >= 0.3 is 0 Å². The monoisotopic (exact) mass is 290 g/mol. The molecule has 2 N–H and O–H groups in total. The highest BCUT2D eigenvalue weighted by atomic mass is 16.3. The lowest BCUT2D eigenvalue weighted by atomic mass is 9.98. The minimum atomic E-state index is -0.543. The van der Waals surface area contributed by atoms with Gasteiger partial charge in [-0.3, -0.25) is 9.59 Å². The molecular formula is C16H22N2O3. The molecule has 1 fully saturated rings. The first-order valence-electron chi connectivity index (χ1n) is 7.40. The zero-order valence-corrected chi connectivity index (χ0v) is 12.3. The van der Waals surface area contributed by atoms with Gasteiger partial charge in [-0.25, -0.2) is 0 Å². The number of amides is 2. The van der Waals surface area contributed by atoms with Gasteiger partial charge in [0.15, 0.2) is 0 Å². The lowest BCUT2D eigenvalue weighted by molar-refractivity contribution is -0.136. The maximum atomic E-state index is 12.2. The minimum absolute atomic E-state index is 0.0308. The smallest absolute Gasteiger partial charge is 0.251 e. The van der Waals surface area contributed by atoms with Crippen molar-refractivity contribution in [1.82, 2.24) is 10.2 Å². The molecule has 2 amide bonds. The van der Waals surface area contributed by atoms with E-state index in [4.69, 9.17) is 0 Å². The maximum absolute atomic E-state index is 12.2. The van der Waals surface area contributed by atoms with Crippen LogP contribution >= 0.6 is 0 Å². The molecule has 1 heterocycles. The maximum Gasteiger partial charge on any atom is 0.251 e. The van der Waals surface area contributed by atoms with Crippen LogP contribution in [-0.4, -0.2) is 47.1 Å². The molecule has 0 aromatic heterocycles. The molecule has 0 radical (unpaired) electrons. The average molecular weight is 290 g/mol. The molecule has 1 aromatic carbocycles. The molecule has 0 unspecified atom stereocenters. The van der Waals surface area contributed by atoms with Crippen molar-refractivity contribution < 1.29 is 14.7 Å². The molecule has 0 spiro atoms. The number of nitrogens with one attached hydrogen (secondary N) is 1. The third kappa shape index (κ3) is 4.04. The second-order valence-electron chi connectivity index (χ2n) is 5.44. The topological polar surface area (TPSA) is 69.6 Å². The van der Waals surface area contributed by atoms with Gasteiger partial charge in [0, 0.05) is 12.1 Å². The Hall–Kier alpha value is -1.88. The van der Waals surface area contributed by atoms with Gasteiger partial charge < -0.3 is 15.3 Å². The Labute approximate surface area is 125 Å². The van der Waals surface area contributed by atoms with Gasteiger partial charge in [0.05, 0.1) is 18.7 Å². The van der Waals surface area contributed by atoms with Crippen LogP contribution < -0.4 is 5.32 Å². The van der Waals surface area contributed by atoms with Gasteiger partial charge in [0.25, 0.3) is 5.91 Å². The number of nitrogens with zero attached hydrogens (tertiary/aromatic N) is 1.